The Morgan fingerprint density at radius 3 is 2.39 bits per heavy atom. The molecule has 0 saturated carbocycles. The first-order valence-corrected chi connectivity index (χ1v) is 20.0. The van der Waals surface area contributed by atoms with Crippen LogP contribution in [0.15, 0.2) is 60.1 Å². The van der Waals surface area contributed by atoms with E-state index in [2.05, 4.69) is 25.8 Å². The van der Waals surface area contributed by atoms with Crippen LogP contribution >= 0.6 is 11.3 Å². The number of nitrogens with one attached hydrogen (secondary N) is 2. The molecule has 5 N–H and O–H groups in total. The molecule has 2 saturated heterocycles. The zero-order valence-corrected chi connectivity index (χ0v) is 33.3. The fraction of sp³-hybridized carbons (Fsp3) is 0.439. The lowest BCUT2D eigenvalue weighted by Crippen LogP contribution is -2.57. The van der Waals surface area contributed by atoms with Crippen LogP contribution in [0.1, 0.15) is 64.1 Å². The molecule has 15 heteroatoms. The van der Waals surface area contributed by atoms with Crippen LogP contribution in [-0.4, -0.2) is 98.5 Å². The Bertz CT molecular complexity index is 2040. The zero-order valence-electron chi connectivity index (χ0n) is 32.5. The molecule has 14 nitrogen and oxygen atoms in total. The topological polar surface area (TPSA) is 187 Å². The largest absolute Gasteiger partial charge is 0.507 e. The summed E-state index contributed by atoms with van der Waals surface area (Å²) in [6.45, 7) is 10.5. The number of phenols is 1. The molecule has 0 bridgehead atoms. The molecule has 56 heavy (non-hydrogen) atoms. The average Bonchev–Trinajstić information content (AvgIpc) is 3.86. The van der Waals surface area contributed by atoms with Gasteiger partial charge in [-0.05, 0) is 60.9 Å². The summed E-state index contributed by atoms with van der Waals surface area (Å²) in [5, 5.41) is 24.5. The lowest BCUT2D eigenvalue weighted by molar-refractivity contribution is -0.144. The number of thiazole rings is 1. The van der Waals surface area contributed by atoms with Crippen LogP contribution in [0, 0.1) is 12.3 Å². The molecule has 4 amide bonds. The number of benzene rings is 2. The number of aryl methyl sites for hydroxylation is 1. The van der Waals surface area contributed by atoms with Crippen LogP contribution in [0.4, 0.5) is 11.5 Å². The van der Waals surface area contributed by atoms with E-state index in [1.165, 1.54) is 0 Å². The van der Waals surface area contributed by atoms with Gasteiger partial charge < -0.3 is 36.2 Å². The molecule has 6 rings (SSSR count). The number of aromatic nitrogens is 3. The Labute approximate surface area is 331 Å². The van der Waals surface area contributed by atoms with Crippen LogP contribution in [0.5, 0.6) is 5.75 Å². The van der Waals surface area contributed by atoms with Gasteiger partial charge in [0.05, 0.1) is 27.5 Å². The Morgan fingerprint density at radius 2 is 1.71 bits per heavy atom. The van der Waals surface area contributed by atoms with Crippen LogP contribution in [0.25, 0.3) is 21.7 Å². The molecular weight excluding hydrogens is 731 g/mol. The molecule has 0 aliphatic carbocycles. The number of nitrogens with zero attached hydrogens (tertiary/aromatic N) is 6. The Hall–Kier alpha value is -5.57. The third-order valence-corrected chi connectivity index (χ3v) is 11.4. The SMILES string of the molecule is Cc1ncsc1-c1ccc(CNC(=O)[C@@H]2CCCN2C(=O)[C@@H](NC(=O)CCCC(=O)N2CCN(c3cc(-c4ccccc4O)nnc3N)CC2)C(C)(C)C)cc1. The van der Waals surface area contributed by atoms with Crippen molar-refractivity contribution in [3.8, 4) is 27.4 Å². The lowest BCUT2D eigenvalue weighted by atomic mass is 9.85. The van der Waals surface area contributed by atoms with Gasteiger partial charge in [0.2, 0.25) is 23.6 Å². The Kier molecular flexibility index (Phi) is 12.5. The van der Waals surface area contributed by atoms with Crippen molar-refractivity contribution in [3.63, 3.8) is 0 Å². The number of rotatable bonds is 12. The second kappa shape index (κ2) is 17.5. The average molecular weight is 782 g/mol. The van der Waals surface area contributed by atoms with Gasteiger partial charge in [-0.1, -0.05) is 57.2 Å². The summed E-state index contributed by atoms with van der Waals surface area (Å²) in [7, 11) is 0. The van der Waals surface area contributed by atoms with Gasteiger partial charge in [-0.15, -0.1) is 21.5 Å². The number of piperazine rings is 1. The first-order chi connectivity index (χ1) is 26.8. The number of likely N-dealkylation sites (tertiary alicyclic amines) is 1. The first kappa shape index (κ1) is 40.1. The molecular formula is C41H51N9O5S. The highest BCUT2D eigenvalue weighted by molar-refractivity contribution is 7.13. The maximum absolute atomic E-state index is 14.0. The number of nitrogen functional groups attached to an aromatic ring is 1. The van der Waals surface area contributed by atoms with Crippen molar-refractivity contribution in [3.05, 3.63) is 71.4 Å². The maximum atomic E-state index is 14.0. The highest BCUT2D eigenvalue weighted by atomic mass is 32.1. The van der Waals surface area contributed by atoms with Crippen molar-refractivity contribution in [2.24, 2.45) is 5.41 Å². The molecule has 4 heterocycles. The number of hydrogen-bond acceptors (Lipinski definition) is 11. The second-order valence-electron chi connectivity index (χ2n) is 15.5. The fourth-order valence-electron chi connectivity index (χ4n) is 7.23. The standard InChI is InChI=1S/C41H51N9O5S/c1-26-36(56-25-44-26)28-16-14-27(15-17-28)24-43-39(54)31-10-8-18-50(31)40(55)37(41(2,3)4)45-34(52)12-7-13-35(53)49-21-19-48(20-22-49)32-23-30(46-47-38(32)42)29-9-5-6-11-33(29)51/h5-6,9,11,14-17,23,25,31,37,51H,7-8,10,12-13,18-22,24H2,1-4H3,(H2,42,47)(H,43,54)(H,45,52)/t31-,37+/m0/s1. The van der Waals surface area contributed by atoms with E-state index in [9.17, 15) is 24.3 Å². The van der Waals surface area contributed by atoms with Crippen LogP contribution in [-0.2, 0) is 25.7 Å². The molecule has 0 unspecified atom stereocenters. The van der Waals surface area contributed by atoms with Gasteiger partial charge in [0.25, 0.3) is 0 Å². The van der Waals surface area contributed by atoms with E-state index in [-0.39, 0.29) is 48.0 Å². The van der Waals surface area contributed by atoms with Gasteiger partial charge >= 0.3 is 0 Å². The van der Waals surface area contributed by atoms with Gasteiger partial charge in [0, 0.05) is 57.7 Å². The van der Waals surface area contributed by atoms with Crippen LogP contribution in [0.3, 0.4) is 0 Å². The lowest BCUT2D eigenvalue weighted by Gasteiger charge is -2.36. The van der Waals surface area contributed by atoms with E-state index in [1.54, 1.807) is 45.4 Å². The predicted octanol–water partition coefficient (Wildman–Crippen LogP) is 4.52. The number of aromatic hydroxyl groups is 1. The molecule has 2 atom stereocenters. The highest BCUT2D eigenvalue weighted by Crippen LogP contribution is 2.32. The van der Waals surface area contributed by atoms with Crippen molar-refractivity contribution < 1.29 is 24.3 Å². The number of anilines is 2. The Morgan fingerprint density at radius 1 is 0.982 bits per heavy atom. The van der Waals surface area contributed by atoms with Crippen molar-refractivity contribution >= 4 is 46.5 Å². The number of phenolic OH excluding ortho intramolecular Hbond substituents is 1. The second-order valence-corrected chi connectivity index (χ2v) is 16.3. The van der Waals surface area contributed by atoms with Gasteiger partial charge in [-0.25, -0.2) is 4.98 Å². The maximum Gasteiger partial charge on any atom is 0.246 e. The minimum Gasteiger partial charge on any atom is -0.507 e. The summed E-state index contributed by atoms with van der Waals surface area (Å²) >= 11 is 1.59. The monoisotopic (exact) mass is 781 g/mol. The normalized spacial score (nSPS) is 16.4. The molecule has 2 aliphatic heterocycles. The summed E-state index contributed by atoms with van der Waals surface area (Å²) in [5.74, 6) is -0.485. The van der Waals surface area contributed by atoms with Gasteiger partial charge in [-0.2, -0.15) is 0 Å². The van der Waals surface area contributed by atoms with E-state index in [1.807, 2.05) is 68.4 Å². The van der Waals surface area contributed by atoms with E-state index >= 15 is 0 Å². The van der Waals surface area contributed by atoms with Crippen molar-refractivity contribution in [1.29, 1.82) is 0 Å². The number of hydrogen-bond donors (Lipinski definition) is 4. The van der Waals surface area contributed by atoms with E-state index in [4.69, 9.17) is 5.73 Å². The molecule has 2 aromatic heterocycles. The number of amides is 4. The quantitative estimate of drug-likeness (QED) is 0.159. The van der Waals surface area contributed by atoms with Crippen LogP contribution < -0.4 is 21.3 Å². The first-order valence-electron chi connectivity index (χ1n) is 19.1. The van der Waals surface area contributed by atoms with Gasteiger partial charge in [0.15, 0.2) is 5.82 Å². The number of nitrogens with two attached hydrogens (primary N) is 1. The Balaban J connectivity index is 0.964. The molecule has 4 aromatic rings. The van der Waals surface area contributed by atoms with Gasteiger partial charge in [0.1, 0.15) is 17.8 Å². The minimum absolute atomic E-state index is 0.0478. The fourth-order valence-corrected chi connectivity index (χ4v) is 8.04. The number of para-hydroxylation sites is 1. The van der Waals surface area contributed by atoms with E-state index in [0.717, 1.165) is 21.7 Å². The number of carbonyl (C=O) groups is 4. The van der Waals surface area contributed by atoms with Crippen molar-refractivity contribution in [1.82, 2.24) is 35.6 Å². The minimum atomic E-state index is -0.837. The molecule has 2 aromatic carbocycles. The van der Waals surface area contributed by atoms with Crippen molar-refractivity contribution in [2.45, 2.75) is 78.4 Å². The summed E-state index contributed by atoms with van der Waals surface area (Å²) < 4.78 is 0. The number of carbonyl (C=O) groups excluding carboxylic acids is 4. The van der Waals surface area contributed by atoms with E-state index < -0.39 is 17.5 Å². The summed E-state index contributed by atoms with van der Waals surface area (Å²) in [4.78, 5) is 64.6. The highest BCUT2D eigenvalue weighted by Gasteiger charge is 2.41. The third-order valence-electron chi connectivity index (χ3n) is 10.4. The third kappa shape index (κ3) is 9.44. The van der Waals surface area contributed by atoms with Crippen molar-refractivity contribution in [2.75, 3.05) is 43.4 Å². The van der Waals surface area contributed by atoms with Crippen LogP contribution in [0.2, 0.25) is 0 Å². The molecule has 0 spiro atoms. The summed E-state index contributed by atoms with van der Waals surface area (Å²) in [5.41, 5.74) is 12.2. The molecule has 2 aliphatic rings. The smallest absolute Gasteiger partial charge is 0.246 e. The summed E-state index contributed by atoms with van der Waals surface area (Å²) in [6, 6.07) is 15.3. The van der Waals surface area contributed by atoms with E-state index in [0.29, 0.717) is 75.5 Å². The zero-order chi connectivity index (χ0) is 40.0. The molecule has 0 radical (unpaired) electrons. The summed E-state index contributed by atoms with van der Waals surface area (Å²) in [6.07, 6.45) is 1.86. The molecule has 2 fully saturated rings. The predicted molar refractivity (Wildman–Crippen MR) is 216 cm³/mol. The van der Waals surface area contributed by atoms with Gasteiger partial charge in [-0.3, -0.25) is 19.2 Å². The molecule has 296 valence electrons.